The lowest BCUT2D eigenvalue weighted by Crippen LogP contribution is -2.53. The SMILES string of the molecule is c1ccc2c(c1)OB1c3cccc(-n4c5ccccc5c5ccccc54)c3Oc3cc(-c4cccc5c4oc4c5ccc5oc6ccccc6c54)cc-2c31. The van der Waals surface area contributed by atoms with Crippen molar-refractivity contribution >= 4 is 83.5 Å². The van der Waals surface area contributed by atoms with Crippen molar-refractivity contribution < 1.29 is 18.2 Å². The van der Waals surface area contributed by atoms with Gasteiger partial charge in [0.2, 0.25) is 0 Å². The number of rotatable bonds is 2. The van der Waals surface area contributed by atoms with E-state index >= 15 is 0 Å². The topological polar surface area (TPSA) is 49.7 Å². The van der Waals surface area contributed by atoms with Crippen molar-refractivity contribution in [3.05, 3.63) is 158 Å². The summed E-state index contributed by atoms with van der Waals surface area (Å²) in [7, 11) is 0. The highest BCUT2D eigenvalue weighted by atomic mass is 16.5. The van der Waals surface area contributed by atoms with Gasteiger partial charge in [-0.2, -0.15) is 0 Å². The molecule has 2 aliphatic heterocycles. The molecule has 0 fully saturated rings. The van der Waals surface area contributed by atoms with E-state index in [0.717, 1.165) is 111 Å². The van der Waals surface area contributed by atoms with Crippen molar-refractivity contribution in [3.63, 3.8) is 0 Å². The summed E-state index contributed by atoms with van der Waals surface area (Å²) in [6.07, 6.45) is 0. The Balaban J connectivity index is 1.07. The fraction of sp³-hybridized carbons (Fsp3) is 0. The third kappa shape index (κ3) is 3.64. The highest BCUT2D eigenvalue weighted by molar-refractivity contribution is 6.84. The molecule has 0 aliphatic carbocycles. The second kappa shape index (κ2) is 10.2. The van der Waals surface area contributed by atoms with Gasteiger partial charge >= 0.3 is 6.92 Å². The van der Waals surface area contributed by atoms with E-state index in [-0.39, 0.29) is 6.92 Å². The van der Waals surface area contributed by atoms with Gasteiger partial charge < -0.3 is 22.8 Å². The first-order valence-corrected chi connectivity index (χ1v) is 18.3. The molecule has 0 spiro atoms. The van der Waals surface area contributed by atoms with Crippen LogP contribution in [-0.2, 0) is 0 Å². The van der Waals surface area contributed by atoms with Crippen LogP contribution in [0.2, 0.25) is 0 Å². The Bertz CT molecular complexity index is 3370. The quantitative estimate of drug-likeness (QED) is 0.169. The molecule has 0 saturated carbocycles. The highest BCUT2D eigenvalue weighted by Gasteiger charge is 2.42. The van der Waals surface area contributed by atoms with E-state index in [1.165, 1.54) is 10.8 Å². The van der Waals surface area contributed by atoms with Crippen LogP contribution in [-0.4, -0.2) is 11.5 Å². The third-order valence-corrected chi connectivity index (χ3v) is 11.5. The summed E-state index contributed by atoms with van der Waals surface area (Å²) in [5.41, 5.74) is 12.7. The van der Waals surface area contributed by atoms with Crippen LogP contribution in [0, 0.1) is 0 Å². The molecule has 0 radical (unpaired) electrons. The van der Waals surface area contributed by atoms with Crippen molar-refractivity contribution in [3.8, 4) is 45.2 Å². The molecule has 3 aromatic heterocycles. The molecule has 0 atom stereocenters. The Labute approximate surface area is 308 Å². The standard InChI is InChI=1S/C48H26BNO4/c1-5-18-37-29(11-1)30-12-2-6-19-38(30)50(37)39-20-10-17-36-48(39)52-43-26-27(25-35-31-13-3-8-22-41(31)54-49(36)45(35)43)28-15-9-16-32-33-23-24-42-44(47(33)53-46(28)32)34-14-4-7-21-40(34)51-42/h1-26H. The van der Waals surface area contributed by atoms with Crippen LogP contribution in [0.5, 0.6) is 17.2 Å². The van der Waals surface area contributed by atoms with E-state index in [0.29, 0.717) is 0 Å². The van der Waals surface area contributed by atoms with E-state index < -0.39 is 0 Å². The molecule has 250 valence electrons. The second-order valence-electron chi connectivity index (χ2n) is 14.3. The summed E-state index contributed by atoms with van der Waals surface area (Å²) >= 11 is 0. The van der Waals surface area contributed by atoms with Gasteiger partial charge in [-0.15, -0.1) is 0 Å². The third-order valence-electron chi connectivity index (χ3n) is 11.5. The van der Waals surface area contributed by atoms with E-state index in [4.69, 9.17) is 18.2 Å². The molecule has 11 aromatic rings. The lowest BCUT2D eigenvalue weighted by atomic mass is 9.50. The number of fused-ring (bicyclic) bond motifs is 14. The number of hydrogen-bond donors (Lipinski definition) is 0. The van der Waals surface area contributed by atoms with Crippen molar-refractivity contribution in [1.29, 1.82) is 0 Å². The predicted molar refractivity (Wildman–Crippen MR) is 218 cm³/mol. The fourth-order valence-electron chi connectivity index (χ4n) is 9.18. The van der Waals surface area contributed by atoms with Crippen LogP contribution < -0.4 is 20.3 Å². The largest absolute Gasteiger partial charge is 0.551 e. The average Bonchev–Trinajstić information content (AvgIpc) is 3.90. The zero-order valence-corrected chi connectivity index (χ0v) is 28.7. The van der Waals surface area contributed by atoms with E-state index in [1.54, 1.807) is 0 Å². The molecule has 6 heteroatoms. The minimum absolute atomic E-state index is 0.347. The summed E-state index contributed by atoms with van der Waals surface area (Å²) in [6, 6.07) is 55.1. The van der Waals surface area contributed by atoms with Gasteiger partial charge in [0.1, 0.15) is 39.6 Å². The molecule has 2 aliphatic rings. The maximum Gasteiger partial charge on any atom is 0.434 e. The summed E-state index contributed by atoms with van der Waals surface area (Å²) < 4.78 is 29.6. The maximum atomic E-state index is 7.18. The first kappa shape index (κ1) is 28.4. The highest BCUT2D eigenvalue weighted by Crippen LogP contribution is 2.46. The van der Waals surface area contributed by atoms with E-state index in [1.807, 2.05) is 24.3 Å². The Morgan fingerprint density at radius 3 is 2.04 bits per heavy atom. The Morgan fingerprint density at radius 1 is 0.463 bits per heavy atom. The van der Waals surface area contributed by atoms with Crippen LogP contribution in [0.15, 0.2) is 167 Å². The zero-order valence-electron chi connectivity index (χ0n) is 28.7. The summed E-state index contributed by atoms with van der Waals surface area (Å²) in [6.45, 7) is -0.347. The van der Waals surface area contributed by atoms with E-state index in [2.05, 4.69) is 138 Å². The van der Waals surface area contributed by atoms with Gasteiger partial charge in [-0.3, -0.25) is 0 Å². The van der Waals surface area contributed by atoms with Gasteiger partial charge in [0, 0.05) is 49.0 Å². The summed E-state index contributed by atoms with van der Waals surface area (Å²) in [4.78, 5) is 0. The van der Waals surface area contributed by atoms with Gasteiger partial charge in [0.25, 0.3) is 0 Å². The van der Waals surface area contributed by atoms with Gasteiger partial charge in [0.05, 0.1) is 22.1 Å². The number of para-hydroxylation sites is 6. The minimum Gasteiger partial charge on any atom is -0.551 e. The molecule has 54 heavy (non-hydrogen) atoms. The normalized spacial score (nSPS) is 13.1. The van der Waals surface area contributed by atoms with Crippen molar-refractivity contribution in [2.75, 3.05) is 0 Å². The number of nitrogens with zero attached hydrogens (tertiary/aromatic N) is 1. The molecule has 8 aromatic carbocycles. The average molecular weight is 692 g/mol. The summed E-state index contributed by atoms with van der Waals surface area (Å²) in [5.74, 6) is 2.42. The van der Waals surface area contributed by atoms with Crippen LogP contribution >= 0.6 is 0 Å². The molecule has 5 heterocycles. The summed E-state index contributed by atoms with van der Waals surface area (Å²) in [5, 5.41) is 6.57. The van der Waals surface area contributed by atoms with Gasteiger partial charge in [-0.1, -0.05) is 103 Å². The van der Waals surface area contributed by atoms with Crippen molar-refractivity contribution in [2.24, 2.45) is 0 Å². The second-order valence-corrected chi connectivity index (χ2v) is 14.3. The number of hydrogen-bond acceptors (Lipinski definition) is 4. The van der Waals surface area contributed by atoms with Crippen molar-refractivity contribution in [1.82, 2.24) is 4.57 Å². The first-order valence-electron chi connectivity index (χ1n) is 18.3. The molecule has 0 unspecified atom stereocenters. The monoisotopic (exact) mass is 691 g/mol. The smallest absolute Gasteiger partial charge is 0.434 e. The molecule has 0 N–H and O–H groups in total. The Kier molecular flexibility index (Phi) is 5.39. The van der Waals surface area contributed by atoms with Crippen molar-refractivity contribution in [2.45, 2.75) is 0 Å². The Morgan fingerprint density at radius 2 is 1.17 bits per heavy atom. The molecule has 13 rings (SSSR count). The van der Waals surface area contributed by atoms with Gasteiger partial charge in [0.15, 0.2) is 0 Å². The first-order chi connectivity index (χ1) is 26.8. The molecule has 0 saturated heterocycles. The van der Waals surface area contributed by atoms with Crippen LogP contribution in [0.3, 0.4) is 0 Å². The van der Waals surface area contributed by atoms with Crippen LogP contribution in [0.4, 0.5) is 0 Å². The molecular formula is C48H26BNO4. The van der Waals surface area contributed by atoms with E-state index in [9.17, 15) is 0 Å². The molecule has 0 bridgehead atoms. The molecule has 5 nitrogen and oxygen atoms in total. The number of aromatic nitrogens is 1. The molecule has 0 amide bonds. The molecular weight excluding hydrogens is 665 g/mol. The van der Waals surface area contributed by atoms with Crippen LogP contribution in [0.1, 0.15) is 0 Å². The number of ether oxygens (including phenoxy) is 1. The van der Waals surface area contributed by atoms with Gasteiger partial charge in [-0.25, -0.2) is 0 Å². The Hall–Kier alpha value is -7.18. The van der Waals surface area contributed by atoms with Gasteiger partial charge in [-0.05, 0) is 65.7 Å². The minimum atomic E-state index is -0.347. The maximum absolute atomic E-state index is 7.18. The zero-order chi connectivity index (χ0) is 35.1. The number of benzene rings is 8. The fourth-order valence-corrected chi connectivity index (χ4v) is 9.18. The lowest BCUT2D eigenvalue weighted by molar-refractivity contribution is 0.478. The predicted octanol–water partition coefficient (Wildman–Crippen LogP) is 11.5. The van der Waals surface area contributed by atoms with Crippen LogP contribution in [0.25, 0.3) is 93.6 Å². The number of furan rings is 2. The lowest BCUT2D eigenvalue weighted by Gasteiger charge is -2.34.